The van der Waals surface area contributed by atoms with Crippen LogP contribution in [-0.4, -0.2) is 50.2 Å². The van der Waals surface area contributed by atoms with E-state index in [1.165, 1.54) is 18.0 Å². The number of rotatable bonds is 8. The predicted molar refractivity (Wildman–Crippen MR) is 121 cm³/mol. The molecule has 3 heterocycles. The Bertz CT molecular complexity index is 1160. The molecular weight excluding hydrogens is 438 g/mol. The summed E-state index contributed by atoms with van der Waals surface area (Å²) in [4.78, 5) is 30.2. The molecule has 2 aromatic heterocycles. The Balaban J connectivity index is 1.50. The van der Waals surface area contributed by atoms with Gasteiger partial charge < -0.3 is 10.1 Å². The van der Waals surface area contributed by atoms with Crippen molar-refractivity contribution in [3.8, 4) is 5.69 Å². The van der Waals surface area contributed by atoms with Crippen molar-refractivity contribution in [2.24, 2.45) is 0 Å². The largest absolute Gasteiger partial charge is 0.379 e. The van der Waals surface area contributed by atoms with Crippen LogP contribution in [0.2, 0.25) is 5.02 Å². The molecule has 1 unspecified atom stereocenters. The Morgan fingerprint density at radius 3 is 3.03 bits per heavy atom. The lowest BCUT2D eigenvalue weighted by Crippen LogP contribution is -2.31. The van der Waals surface area contributed by atoms with Crippen LogP contribution in [0.15, 0.2) is 40.4 Å². The molecule has 3 aromatic rings. The summed E-state index contributed by atoms with van der Waals surface area (Å²) in [5, 5.41) is 8.85. The molecule has 8 nitrogen and oxygen atoms in total. The average molecular weight is 462 g/mol. The summed E-state index contributed by atoms with van der Waals surface area (Å²) in [5.41, 5.74) is 1.04. The summed E-state index contributed by atoms with van der Waals surface area (Å²) in [7, 11) is 0. The first-order valence-electron chi connectivity index (χ1n) is 10.2. The van der Waals surface area contributed by atoms with Crippen molar-refractivity contribution in [2.45, 2.75) is 44.0 Å². The first-order chi connectivity index (χ1) is 14.9. The third-order valence-corrected chi connectivity index (χ3v) is 6.27. The van der Waals surface area contributed by atoms with Crippen LogP contribution in [0.3, 0.4) is 0 Å². The minimum atomic E-state index is -0.231. The van der Waals surface area contributed by atoms with E-state index in [-0.39, 0.29) is 30.0 Å². The van der Waals surface area contributed by atoms with Gasteiger partial charge in [0, 0.05) is 30.3 Å². The van der Waals surface area contributed by atoms with Gasteiger partial charge in [-0.15, -0.1) is 0 Å². The minimum absolute atomic E-state index is 0.0791. The molecule has 10 heteroatoms. The second-order valence-electron chi connectivity index (χ2n) is 7.64. The summed E-state index contributed by atoms with van der Waals surface area (Å²) >= 11 is 7.57. The number of benzene rings is 1. The summed E-state index contributed by atoms with van der Waals surface area (Å²) in [6, 6.07) is 7.00. The van der Waals surface area contributed by atoms with Crippen molar-refractivity contribution in [3.63, 3.8) is 0 Å². The molecule has 0 spiro atoms. The van der Waals surface area contributed by atoms with Crippen LogP contribution in [0, 0.1) is 0 Å². The van der Waals surface area contributed by atoms with Gasteiger partial charge in [0.2, 0.25) is 5.91 Å². The first-order valence-corrected chi connectivity index (χ1v) is 11.6. The molecule has 1 atom stereocenters. The second kappa shape index (κ2) is 9.42. The zero-order valence-electron chi connectivity index (χ0n) is 17.4. The van der Waals surface area contributed by atoms with Gasteiger partial charge in [-0.2, -0.15) is 5.10 Å². The molecule has 0 aliphatic carbocycles. The lowest BCUT2D eigenvalue weighted by atomic mass is 10.2. The molecule has 1 aliphatic heterocycles. The number of aromatic nitrogens is 4. The van der Waals surface area contributed by atoms with E-state index in [0.29, 0.717) is 40.1 Å². The number of nitrogens with zero attached hydrogens (tertiary/aromatic N) is 4. The number of nitrogens with one attached hydrogen (secondary N) is 1. The van der Waals surface area contributed by atoms with Gasteiger partial charge in [-0.25, -0.2) is 9.67 Å². The summed E-state index contributed by atoms with van der Waals surface area (Å²) in [6.07, 6.45) is 2.70. The lowest BCUT2D eigenvalue weighted by Gasteiger charge is -2.14. The number of thioether (sulfide) groups is 1. The van der Waals surface area contributed by atoms with Crippen molar-refractivity contribution < 1.29 is 9.53 Å². The summed E-state index contributed by atoms with van der Waals surface area (Å²) in [6.45, 7) is 5.12. The minimum Gasteiger partial charge on any atom is -0.379 e. The highest BCUT2D eigenvalue weighted by Crippen LogP contribution is 2.33. The molecule has 164 valence electrons. The number of carbonyl (C=O) groups is 1. The Morgan fingerprint density at radius 1 is 1.42 bits per heavy atom. The van der Waals surface area contributed by atoms with Crippen molar-refractivity contribution in [1.29, 1.82) is 0 Å². The number of amides is 1. The molecule has 0 fully saturated rings. The van der Waals surface area contributed by atoms with E-state index >= 15 is 0 Å². The van der Waals surface area contributed by atoms with Gasteiger partial charge in [0.25, 0.3) is 5.56 Å². The number of hydrogen-bond donors (Lipinski definition) is 1. The highest BCUT2D eigenvalue weighted by Gasteiger charge is 2.29. The van der Waals surface area contributed by atoms with Gasteiger partial charge in [-0.05, 0) is 38.5 Å². The smallest absolute Gasteiger partial charge is 0.265 e. The van der Waals surface area contributed by atoms with Crippen molar-refractivity contribution >= 4 is 40.3 Å². The number of ether oxygens (including phenoxy) is 1. The highest BCUT2D eigenvalue weighted by atomic mass is 35.5. The van der Waals surface area contributed by atoms with Crippen molar-refractivity contribution in [2.75, 3.05) is 18.9 Å². The van der Waals surface area contributed by atoms with E-state index in [2.05, 4.69) is 15.4 Å². The van der Waals surface area contributed by atoms with Crippen LogP contribution in [0.1, 0.15) is 32.7 Å². The molecule has 0 bridgehead atoms. The number of fused-ring (bicyclic) bond motifs is 2. The third-order valence-electron chi connectivity index (χ3n) is 4.94. The van der Waals surface area contributed by atoms with Gasteiger partial charge in [0.1, 0.15) is 5.39 Å². The number of hydrogen-bond acceptors (Lipinski definition) is 6. The Labute approximate surface area is 188 Å². The van der Waals surface area contributed by atoms with Gasteiger partial charge >= 0.3 is 0 Å². The molecule has 0 radical (unpaired) electrons. The predicted octanol–water partition coefficient (Wildman–Crippen LogP) is 3.20. The van der Waals surface area contributed by atoms with Gasteiger partial charge in [0.15, 0.2) is 10.8 Å². The molecule has 1 aliphatic rings. The molecule has 4 rings (SSSR count). The zero-order valence-corrected chi connectivity index (χ0v) is 18.9. The van der Waals surface area contributed by atoms with Gasteiger partial charge in [0.05, 0.1) is 24.0 Å². The van der Waals surface area contributed by atoms with Crippen LogP contribution >= 0.6 is 23.4 Å². The SMILES string of the molecule is CC(C)OCCCNC(=O)CC1CSc2nc3c(cnn3-c3cccc(Cl)c3)c(=O)n21. The molecule has 31 heavy (non-hydrogen) atoms. The van der Waals surface area contributed by atoms with Gasteiger partial charge in [-0.3, -0.25) is 14.2 Å². The van der Waals surface area contributed by atoms with Crippen molar-refractivity contribution in [3.05, 3.63) is 45.8 Å². The Kier molecular flexibility index (Phi) is 6.64. The first kappa shape index (κ1) is 21.9. The average Bonchev–Trinajstić information content (AvgIpc) is 3.32. The van der Waals surface area contributed by atoms with Crippen LogP contribution < -0.4 is 10.9 Å². The summed E-state index contributed by atoms with van der Waals surface area (Å²) in [5.74, 6) is 0.549. The maximum absolute atomic E-state index is 13.2. The number of carbonyl (C=O) groups excluding carboxylic acids is 1. The Morgan fingerprint density at radius 2 is 2.26 bits per heavy atom. The monoisotopic (exact) mass is 461 g/mol. The molecule has 1 N–H and O–H groups in total. The number of halogens is 1. The fourth-order valence-electron chi connectivity index (χ4n) is 3.48. The fraction of sp³-hybridized carbons (Fsp3) is 0.429. The van der Waals surface area contributed by atoms with Crippen molar-refractivity contribution in [1.82, 2.24) is 24.6 Å². The molecule has 1 amide bonds. The van der Waals surface area contributed by atoms with E-state index in [4.69, 9.17) is 16.3 Å². The molecular formula is C21H24ClN5O3S. The topological polar surface area (TPSA) is 91.0 Å². The fourth-order valence-corrected chi connectivity index (χ4v) is 4.80. The maximum Gasteiger partial charge on any atom is 0.265 e. The quantitative estimate of drug-likeness (QED) is 0.409. The second-order valence-corrected chi connectivity index (χ2v) is 9.06. The van der Waals surface area contributed by atoms with E-state index in [1.54, 1.807) is 21.4 Å². The summed E-state index contributed by atoms with van der Waals surface area (Å²) < 4.78 is 8.71. The van der Waals surface area contributed by atoms with Gasteiger partial charge in [-0.1, -0.05) is 29.4 Å². The van der Waals surface area contributed by atoms with Crippen LogP contribution in [0.4, 0.5) is 0 Å². The third kappa shape index (κ3) is 4.78. The lowest BCUT2D eigenvalue weighted by molar-refractivity contribution is -0.121. The molecule has 1 aromatic carbocycles. The Hall–Kier alpha value is -2.36. The van der Waals surface area contributed by atoms with E-state index in [0.717, 1.165) is 12.1 Å². The normalized spacial score (nSPS) is 15.5. The van der Waals surface area contributed by atoms with E-state index in [9.17, 15) is 9.59 Å². The van der Waals surface area contributed by atoms with Crippen LogP contribution in [0.25, 0.3) is 16.7 Å². The molecule has 0 saturated carbocycles. The highest BCUT2D eigenvalue weighted by molar-refractivity contribution is 7.99. The van der Waals surface area contributed by atoms with Crippen LogP contribution in [-0.2, 0) is 9.53 Å². The van der Waals surface area contributed by atoms with Crippen LogP contribution in [0.5, 0.6) is 0 Å². The van der Waals surface area contributed by atoms with E-state index in [1.807, 2.05) is 26.0 Å². The molecule has 0 saturated heterocycles. The standard InChI is InChI=1S/C21H24ClN5O3S/c1-13(2)30-8-4-7-23-18(28)10-16-12-31-21-25-19-17(20(29)26(16)21)11-24-27(19)15-6-3-5-14(22)9-15/h3,5-6,9,11,13,16H,4,7-8,10,12H2,1-2H3,(H,23,28). The van der Waals surface area contributed by atoms with E-state index < -0.39 is 0 Å². The maximum atomic E-state index is 13.2. The zero-order chi connectivity index (χ0) is 22.0.